The van der Waals surface area contributed by atoms with Crippen molar-refractivity contribution in [3.63, 3.8) is 0 Å². The third-order valence-corrected chi connectivity index (χ3v) is 4.45. The van der Waals surface area contributed by atoms with Gasteiger partial charge in [0, 0.05) is 11.1 Å². The van der Waals surface area contributed by atoms with Crippen molar-refractivity contribution in [2.45, 2.75) is 39.9 Å². The van der Waals surface area contributed by atoms with Crippen LogP contribution in [0.3, 0.4) is 0 Å². The molecule has 142 valence electrons. The van der Waals surface area contributed by atoms with Crippen LogP contribution >= 0.6 is 15.9 Å². The van der Waals surface area contributed by atoms with E-state index in [2.05, 4.69) is 34.1 Å². The molecule has 2 aromatic carbocycles. The molecule has 0 radical (unpaired) electrons. The van der Waals surface area contributed by atoms with Gasteiger partial charge >= 0.3 is 0 Å². The molecule has 0 saturated carbocycles. The summed E-state index contributed by atoms with van der Waals surface area (Å²) in [6.07, 6.45) is 2.60. The van der Waals surface area contributed by atoms with E-state index in [1.54, 1.807) is 12.3 Å². The van der Waals surface area contributed by atoms with Crippen LogP contribution in [0.4, 0.5) is 0 Å². The first-order valence-corrected chi connectivity index (χ1v) is 9.64. The topological polar surface area (TPSA) is 63.8 Å². The fraction of sp³-hybridized carbons (Fsp3) is 0.333. The zero-order chi connectivity index (χ0) is 19.6. The van der Waals surface area contributed by atoms with Crippen molar-refractivity contribution in [2.75, 3.05) is 6.61 Å². The molecule has 2 aromatic rings. The van der Waals surface area contributed by atoms with Crippen molar-refractivity contribution < 1.29 is 14.3 Å². The molecule has 0 spiro atoms. The van der Waals surface area contributed by atoms with E-state index in [0.29, 0.717) is 23.7 Å². The van der Waals surface area contributed by atoms with Crippen LogP contribution in [-0.4, -0.2) is 18.9 Å². The molecule has 5 nitrogen and oxygen atoms in total. The first-order chi connectivity index (χ1) is 13.1. The molecule has 0 aliphatic carbocycles. The number of nitrogens with zero attached hydrogens (tertiary/aromatic N) is 2. The summed E-state index contributed by atoms with van der Waals surface area (Å²) in [5.41, 5.74) is 2.20. The Kier molecular flexibility index (Phi) is 8.15. The number of nitriles is 1. The van der Waals surface area contributed by atoms with Crippen LogP contribution in [0.15, 0.2) is 46.0 Å². The van der Waals surface area contributed by atoms with Crippen LogP contribution < -0.4 is 9.47 Å². The predicted molar refractivity (Wildman–Crippen MR) is 109 cm³/mol. The largest absolute Gasteiger partial charge is 0.490 e. The van der Waals surface area contributed by atoms with E-state index < -0.39 is 0 Å². The average molecular weight is 431 g/mol. The van der Waals surface area contributed by atoms with Crippen LogP contribution in [0.1, 0.15) is 43.9 Å². The van der Waals surface area contributed by atoms with E-state index >= 15 is 0 Å². The van der Waals surface area contributed by atoms with Gasteiger partial charge in [0.05, 0.1) is 35.0 Å². The lowest BCUT2D eigenvalue weighted by Crippen LogP contribution is -2.11. The third kappa shape index (κ3) is 6.00. The Hall–Kier alpha value is -2.52. The molecule has 1 atom stereocenters. The summed E-state index contributed by atoms with van der Waals surface area (Å²) in [5.74, 6) is 1.34. The zero-order valence-corrected chi connectivity index (χ0v) is 17.3. The van der Waals surface area contributed by atoms with Gasteiger partial charge in [0.2, 0.25) is 0 Å². The minimum atomic E-state index is 0.0866. The molecule has 0 aliphatic rings. The minimum absolute atomic E-state index is 0.0866. The number of hydrogen-bond acceptors (Lipinski definition) is 5. The smallest absolute Gasteiger partial charge is 0.175 e. The van der Waals surface area contributed by atoms with Crippen molar-refractivity contribution >= 4 is 22.1 Å². The lowest BCUT2D eigenvalue weighted by atomic mass is 10.1. The SMILES string of the molecule is CCOc1cc(/C=N\OCc2ccccc2C#N)cc(Br)c1O[C@H](C)CC. The summed E-state index contributed by atoms with van der Waals surface area (Å²) >= 11 is 3.55. The molecule has 0 unspecified atom stereocenters. The average Bonchev–Trinajstić information content (AvgIpc) is 2.68. The number of rotatable bonds is 9. The third-order valence-electron chi connectivity index (χ3n) is 3.86. The Morgan fingerprint density at radius 2 is 2.04 bits per heavy atom. The number of hydrogen-bond donors (Lipinski definition) is 0. The first-order valence-electron chi connectivity index (χ1n) is 8.85. The molecule has 0 heterocycles. The molecule has 2 rings (SSSR count). The number of benzene rings is 2. The van der Waals surface area contributed by atoms with Crippen LogP contribution in [0.25, 0.3) is 0 Å². The molecule has 27 heavy (non-hydrogen) atoms. The van der Waals surface area contributed by atoms with Gasteiger partial charge in [-0.3, -0.25) is 0 Å². The maximum atomic E-state index is 9.10. The fourth-order valence-corrected chi connectivity index (χ4v) is 2.84. The lowest BCUT2D eigenvalue weighted by Gasteiger charge is -2.18. The zero-order valence-electron chi connectivity index (χ0n) is 15.7. The quantitative estimate of drug-likeness (QED) is 0.391. The van der Waals surface area contributed by atoms with E-state index in [1.807, 2.05) is 44.2 Å². The highest BCUT2D eigenvalue weighted by Gasteiger charge is 2.14. The Labute approximate surface area is 168 Å². The van der Waals surface area contributed by atoms with Gasteiger partial charge in [-0.2, -0.15) is 5.26 Å². The van der Waals surface area contributed by atoms with Crippen molar-refractivity contribution in [3.05, 3.63) is 57.6 Å². The second kappa shape index (κ2) is 10.6. The molecule has 0 N–H and O–H groups in total. The maximum absolute atomic E-state index is 9.10. The standard InChI is InChI=1S/C21H23BrN2O3/c1-4-15(3)27-21-19(22)10-16(11-20(21)25-5-2)13-24-26-14-18-9-7-6-8-17(18)12-23/h6-11,13,15H,4-5,14H2,1-3H3/b24-13-/t15-/m1/s1. The summed E-state index contributed by atoms with van der Waals surface area (Å²) in [6, 6.07) is 13.2. The fourth-order valence-electron chi connectivity index (χ4n) is 2.28. The van der Waals surface area contributed by atoms with Crippen molar-refractivity contribution in [3.8, 4) is 17.6 Å². The summed E-state index contributed by atoms with van der Waals surface area (Å²) < 4.78 is 12.5. The molecule has 0 amide bonds. The Morgan fingerprint density at radius 1 is 1.26 bits per heavy atom. The van der Waals surface area contributed by atoms with Gasteiger partial charge in [-0.15, -0.1) is 0 Å². The summed E-state index contributed by atoms with van der Waals surface area (Å²) in [6.45, 7) is 6.78. The molecule has 0 aromatic heterocycles. The van der Waals surface area contributed by atoms with Crippen molar-refractivity contribution in [2.24, 2.45) is 5.16 Å². The van der Waals surface area contributed by atoms with Gasteiger partial charge in [0.1, 0.15) is 6.61 Å². The molecule has 6 heteroatoms. The Bertz CT molecular complexity index is 831. The van der Waals surface area contributed by atoms with Gasteiger partial charge < -0.3 is 14.3 Å². The van der Waals surface area contributed by atoms with Crippen LogP contribution in [0.5, 0.6) is 11.5 Å². The molecular weight excluding hydrogens is 408 g/mol. The molecule has 0 aliphatic heterocycles. The summed E-state index contributed by atoms with van der Waals surface area (Å²) in [5, 5.41) is 13.1. The van der Waals surface area contributed by atoms with Gasteiger partial charge in [-0.1, -0.05) is 30.3 Å². The van der Waals surface area contributed by atoms with E-state index in [4.69, 9.17) is 19.6 Å². The Balaban J connectivity index is 2.11. The van der Waals surface area contributed by atoms with Gasteiger partial charge in [0.25, 0.3) is 0 Å². The van der Waals surface area contributed by atoms with Crippen molar-refractivity contribution in [1.82, 2.24) is 0 Å². The van der Waals surface area contributed by atoms with Gasteiger partial charge in [-0.25, -0.2) is 0 Å². The lowest BCUT2D eigenvalue weighted by molar-refractivity contribution is 0.132. The highest BCUT2D eigenvalue weighted by Crippen LogP contribution is 2.37. The highest BCUT2D eigenvalue weighted by atomic mass is 79.9. The van der Waals surface area contributed by atoms with E-state index in [1.165, 1.54) is 0 Å². The Morgan fingerprint density at radius 3 is 2.74 bits per heavy atom. The second-order valence-corrected chi connectivity index (χ2v) is 6.73. The number of ether oxygens (including phenoxy) is 2. The number of halogens is 1. The van der Waals surface area contributed by atoms with Crippen LogP contribution in [0.2, 0.25) is 0 Å². The molecule has 0 fully saturated rings. The molecular formula is C21H23BrN2O3. The summed E-state index contributed by atoms with van der Waals surface area (Å²) in [7, 11) is 0. The van der Waals surface area contributed by atoms with Crippen LogP contribution in [-0.2, 0) is 11.4 Å². The van der Waals surface area contributed by atoms with Gasteiger partial charge in [0.15, 0.2) is 11.5 Å². The molecule has 0 saturated heterocycles. The highest BCUT2D eigenvalue weighted by molar-refractivity contribution is 9.10. The first kappa shape index (κ1) is 20.8. The molecule has 0 bridgehead atoms. The monoisotopic (exact) mass is 430 g/mol. The van der Waals surface area contributed by atoms with Gasteiger partial charge in [-0.05, 0) is 54.4 Å². The maximum Gasteiger partial charge on any atom is 0.175 e. The normalized spacial score (nSPS) is 11.8. The minimum Gasteiger partial charge on any atom is -0.490 e. The van der Waals surface area contributed by atoms with E-state index in [0.717, 1.165) is 22.0 Å². The van der Waals surface area contributed by atoms with Crippen LogP contribution in [0, 0.1) is 11.3 Å². The second-order valence-electron chi connectivity index (χ2n) is 5.88. The van der Waals surface area contributed by atoms with Crippen molar-refractivity contribution in [1.29, 1.82) is 5.26 Å². The van der Waals surface area contributed by atoms with E-state index in [-0.39, 0.29) is 12.7 Å². The number of oxime groups is 1. The van der Waals surface area contributed by atoms with E-state index in [9.17, 15) is 0 Å². The predicted octanol–water partition coefficient (Wildman–Crippen LogP) is 5.45. The summed E-state index contributed by atoms with van der Waals surface area (Å²) in [4.78, 5) is 5.35.